The third kappa shape index (κ3) is 32.3. The van der Waals surface area contributed by atoms with Crippen LogP contribution in [0.15, 0.2) is 0 Å². The van der Waals surface area contributed by atoms with Gasteiger partial charge >= 0.3 is 87.7 Å². The van der Waals surface area contributed by atoms with Gasteiger partial charge in [0, 0.05) is 12.8 Å². The zero-order valence-corrected chi connectivity index (χ0v) is 22.2. The van der Waals surface area contributed by atoms with Crippen LogP contribution < -0.4 is 59.1 Å². The summed E-state index contributed by atoms with van der Waals surface area (Å²) in [6.45, 7) is -6.90. The molecule has 27 heteroatoms. The van der Waals surface area contributed by atoms with Crippen LogP contribution >= 0.6 is 0 Å². The molecular formula is C7H30B4Na2O21. The van der Waals surface area contributed by atoms with E-state index in [2.05, 4.69) is 22.9 Å². The predicted molar refractivity (Wildman–Crippen MR) is 104 cm³/mol. The Morgan fingerprint density at radius 2 is 0.824 bits per heavy atom. The Morgan fingerprint density at radius 3 is 1.00 bits per heavy atom. The van der Waals surface area contributed by atoms with Crippen molar-refractivity contribution >= 4 is 53.7 Å². The van der Waals surface area contributed by atoms with Gasteiger partial charge in [-0.05, 0) is 6.42 Å². The van der Waals surface area contributed by atoms with Crippen molar-refractivity contribution in [3.8, 4) is 0 Å². The van der Waals surface area contributed by atoms with Crippen LogP contribution in [-0.4, -0.2) is 118 Å². The van der Waals surface area contributed by atoms with E-state index >= 15 is 0 Å². The first-order chi connectivity index (χ1) is 11.2. The Hall–Kier alpha value is 0.260. The van der Waals surface area contributed by atoms with Gasteiger partial charge in [0.05, 0.1) is 0 Å². The third-order valence-electron chi connectivity index (χ3n) is 2.20. The van der Waals surface area contributed by atoms with Gasteiger partial charge in [-0.15, -0.1) is 0 Å². The van der Waals surface area contributed by atoms with E-state index < -0.39 is 28.6 Å². The molecule has 21 nitrogen and oxygen atoms in total. The van der Waals surface area contributed by atoms with E-state index in [4.69, 9.17) is 19.6 Å². The topological polar surface area (TPSA) is 447 Å². The molecule has 198 valence electrons. The summed E-state index contributed by atoms with van der Waals surface area (Å²) in [6.07, 6.45) is 3.76. The molecule has 34 heavy (non-hydrogen) atoms. The Bertz CT molecular complexity index is 390. The van der Waals surface area contributed by atoms with E-state index in [0.717, 1.165) is 12.6 Å². The van der Waals surface area contributed by atoms with E-state index in [1.54, 1.807) is 0 Å². The molecule has 0 aliphatic carbocycles. The number of unbranched alkanes of at least 4 members (excludes halogenated alkanes) is 2. The summed E-state index contributed by atoms with van der Waals surface area (Å²) in [4.78, 5) is 36.7. The Morgan fingerprint density at radius 1 is 0.588 bits per heavy atom. The molecule has 2 heterocycles. The minimum Gasteiger partial charge on any atom is -0.679 e. The molecule has 0 aromatic carbocycles. The van der Waals surface area contributed by atoms with Gasteiger partial charge in [0.2, 0.25) is 0 Å². The van der Waals surface area contributed by atoms with E-state index in [-0.39, 0.29) is 115 Å². The largest absolute Gasteiger partial charge is 1.00 e. The Labute approximate surface area is 236 Å². The maximum absolute atomic E-state index is 9.56. The van der Waals surface area contributed by atoms with Crippen LogP contribution in [0.4, 0.5) is 0 Å². The van der Waals surface area contributed by atoms with Crippen molar-refractivity contribution in [1.82, 2.24) is 0 Å². The van der Waals surface area contributed by atoms with Crippen molar-refractivity contribution in [2.75, 3.05) is 0 Å². The second-order valence-corrected chi connectivity index (χ2v) is 4.04. The zero-order chi connectivity index (χ0) is 18.6. The van der Waals surface area contributed by atoms with Gasteiger partial charge in [-0.25, -0.2) is 0 Å². The molecule has 2 bridgehead atoms. The summed E-state index contributed by atoms with van der Waals surface area (Å²) in [5, 5.41) is 35.9. The molecule has 0 aromatic heterocycles. The number of rotatable bonds is 5. The number of hydrogen-bond donors (Lipinski definition) is 4. The molecule has 0 saturated carbocycles. The fraction of sp³-hybridized carbons (Fsp3) is 0.429. The minimum atomic E-state index is -3.45. The van der Waals surface area contributed by atoms with E-state index in [1.165, 1.54) is 0 Å². The zero-order valence-electron chi connectivity index (χ0n) is 18.2. The SMILES string of the molecule is O.O.O.O.O.O.O.O.O=CC=O.O=CCCCC=O.OB1O[B-]2(O)OB(O)O[B-](O)(O1)O2.[Na+].[Na+]. The van der Waals surface area contributed by atoms with E-state index in [9.17, 15) is 19.6 Å². The summed E-state index contributed by atoms with van der Waals surface area (Å²) >= 11 is 0. The number of hydrogen-bond acceptors (Lipinski definition) is 13. The molecule has 2 aliphatic rings. The summed E-state index contributed by atoms with van der Waals surface area (Å²) < 4.78 is 21.1. The third-order valence-corrected chi connectivity index (χ3v) is 2.20. The van der Waals surface area contributed by atoms with Crippen LogP contribution in [0.25, 0.3) is 0 Å². The van der Waals surface area contributed by atoms with Gasteiger partial charge in [-0.3, -0.25) is 9.59 Å². The quantitative estimate of drug-likeness (QED) is 0.109. The average Bonchev–Trinajstić information content (AvgIpc) is 2.45. The number of fused-ring (bicyclic) bond motifs is 2. The number of carbonyl (C=O) groups is 4. The molecule has 2 rings (SSSR count). The van der Waals surface area contributed by atoms with Crippen LogP contribution in [0.3, 0.4) is 0 Å². The summed E-state index contributed by atoms with van der Waals surface area (Å²) in [5.74, 6) is 0. The van der Waals surface area contributed by atoms with Crippen LogP contribution in [0, 0.1) is 0 Å². The van der Waals surface area contributed by atoms with Crippen LogP contribution in [0.1, 0.15) is 19.3 Å². The fourth-order valence-electron chi connectivity index (χ4n) is 1.35. The van der Waals surface area contributed by atoms with Crippen molar-refractivity contribution < 1.29 is 165 Å². The first-order valence-electron chi connectivity index (χ1n) is 6.48. The van der Waals surface area contributed by atoms with Crippen LogP contribution in [-0.2, 0) is 42.0 Å². The first kappa shape index (κ1) is 70.1. The van der Waals surface area contributed by atoms with Gasteiger partial charge in [-0.1, -0.05) is 0 Å². The monoisotopic (exact) mass is 540 g/mol. The molecule has 0 atom stereocenters. The maximum atomic E-state index is 9.56. The Balaban J connectivity index is -0.0000000253. The molecule has 2 saturated heterocycles. The molecule has 0 radical (unpaired) electrons. The smallest absolute Gasteiger partial charge is 0.679 e. The van der Waals surface area contributed by atoms with Crippen molar-refractivity contribution in [1.29, 1.82) is 0 Å². The van der Waals surface area contributed by atoms with Gasteiger partial charge in [0.15, 0.2) is 12.6 Å². The molecule has 2 fully saturated rings. The summed E-state index contributed by atoms with van der Waals surface area (Å²) in [6, 6.07) is 0. The van der Waals surface area contributed by atoms with Gasteiger partial charge in [0.1, 0.15) is 12.6 Å². The van der Waals surface area contributed by atoms with Gasteiger partial charge < -0.3 is 96.4 Å². The standard InChI is InChI=1S/C5H8O2.C2H2O2.B4H4O9.2Na.8H2O/c6-4-2-1-3-5-7;3-1-2-4;5-1-9-3(7)11-2(6)12-4(8,10-1)13-3;;;;;;;;;;/h4-5H,1-3H2;1-2H;5-8H;;;8*1H2/q;;-2;2*+1;;;;;;;;. The average molecular weight is 540 g/mol. The van der Waals surface area contributed by atoms with Crippen LogP contribution in [0.2, 0.25) is 0 Å². The normalized spacial score (nSPS) is 19.5. The molecule has 0 aromatic rings. The molecule has 0 spiro atoms. The van der Waals surface area contributed by atoms with E-state index in [0.29, 0.717) is 19.3 Å². The van der Waals surface area contributed by atoms with Crippen molar-refractivity contribution in [3.05, 3.63) is 0 Å². The van der Waals surface area contributed by atoms with Gasteiger partial charge in [0.25, 0.3) is 0 Å². The molecule has 0 unspecified atom stereocenters. The van der Waals surface area contributed by atoms with Gasteiger partial charge in [-0.2, -0.15) is 0 Å². The van der Waals surface area contributed by atoms with Crippen molar-refractivity contribution in [2.24, 2.45) is 0 Å². The number of carbonyl (C=O) groups excluding carboxylic acids is 4. The number of aldehydes is 4. The second kappa shape index (κ2) is 37.8. The van der Waals surface area contributed by atoms with Crippen molar-refractivity contribution in [2.45, 2.75) is 19.3 Å². The predicted octanol–water partition coefficient (Wildman–Crippen LogP) is -16.7. The Kier molecular flexibility index (Phi) is 77.9. The second-order valence-electron chi connectivity index (χ2n) is 4.04. The summed E-state index contributed by atoms with van der Waals surface area (Å²) in [5.41, 5.74) is 0. The maximum Gasteiger partial charge on any atom is 1.00 e. The summed E-state index contributed by atoms with van der Waals surface area (Å²) in [7, 11) is -3.92. The fourth-order valence-corrected chi connectivity index (χ4v) is 1.35. The molecule has 20 N–H and O–H groups in total. The minimum absolute atomic E-state index is 0. The van der Waals surface area contributed by atoms with Crippen LogP contribution in [0.5, 0.6) is 0 Å². The molecule has 2 aliphatic heterocycles. The first-order valence-corrected chi connectivity index (χ1v) is 6.48. The molecular weight excluding hydrogens is 509 g/mol. The van der Waals surface area contributed by atoms with Crippen molar-refractivity contribution in [3.63, 3.8) is 0 Å². The van der Waals surface area contributed by atoms with E-state index in [1.807, 2.05) is 0 Å². The molecule has 0 amide bonds.